The maximum atomic E-state index is 12.0. The van der Waals surface area contributed by atoms with Crippen molar-refractivity contribution >= 4 is 12.4 Å². The monoisotopic (exact) mass is 279 g/mol. The van der Waals surface area contributed by atoms with E-state index in [0.717, 1.165) is 24.2 Å². The molecule has 3 amide bonds. The largest absolute Gasteiger partial charge is 0.359 e. The van der Waals surface area contributed by atoms with Crippen molar-refractivity contribution in [3.05, 3.63) is 0 Å². The van der Waals surface area contributed by atoms with Crippen molar-refractivity contribution in [1.82, 2.24) is 16.0 Å². The molecule has 3 N–H and O–H groups in total. The molecule has 4 saturated carbocycles. The molecule has 0 radical (unpaired) electrons. The molecule has 0 aromatic rings. The lowest BCUT2D eigenvalue weighted by molar-refractivity contribution is -0.109. The van der Waals surface area contributed by atoms with Crippen LogP contribution in [0.15, 0.2) is 0 Å². The van der Waals surface area contributed by atoms with E-state index < -0.39 is 0 Å². The summed E-state index contributed by atoms with van der Waals surface area (Å²) in [5.74, 6) is 2.54. The zero-order chi connectivity index (χ0) is 14.0. The Bertz CT molecular complexity index is 348. The minimum absolute atomic E-state index is 0.0296. The molecule has 0 aromatic heterocycles. The highest BCUT2D eigenvalue weighted by Gasteiger charge is 2.51. The molecule has 4 bridgehead atoms. The van der Waals surface area contributed by atoms with Gasteiger partial charge in [-0.25, -0.2) is 4.79 Å². The summed E-state index contributed by atoms with van der Waals surface area (Å²) < 4.78 is 0. The maximum absolute atomic E-state index is 12.0. The van der Waals surface area contributed by atoms with Crippen molar-refractivity contribution in [2.75, 3.05) is 13.1 Å². The first-order chi connectivity index (χ1) is 9.69. The molecule has 112 valence electrons. The Hall–Kier alpha value is -1.26. The standard InChI is InChI=1S/C15H25N3O2/c19-10-16-2-1-3-17-14(20)18-15-7-11-4-12(8-15)6-13(5-11)9-15/h10-13H,1-9H2,(H,16,19)(H2,17,18,20). The predicted molar refractivity (Wildman–Crippen MR) is 76.1 cm³/mol. The lowest BCUT2D eigenvalue weighted by atomic mass is 9.53. The van der Waals surface area contributed by atoms with Gasteiger partial charge in [0.25, 0.3) is 0 Å². The van der Waals surface area contributed by atoms with Gasteiger partial charge in [-0.3, -0.25) is 4.79 Å². The van der Waals surface area contributed by atoms with Crippen LogP contribution in [0.1, 0.15) is 44.9 Å². The number of hydrogen-bond acceptors (Lipinski definition) is 2. The minimum atomic E-state index is -0.0296. The van der Waals surface area contributed by atoms with Crippen LogP contribution in [0, 0.1) is 17.8 Å². The van der Waals surface area contributed by atoms with Gasteiger partial charge in [0.15, 0.2) is 0 Å². The lowest BCUT2D eigenvalue weighted by Crippen LogP contribution is -2.61. The fourth-order valence-corrected chi connectivity index (χ4v) is 5.00. The van der Waals surface area contributed by atoms with Crippen LogP contribution in [0.4, 0.5) is 4.79 Å². The topological polar surface area (TPSA) is 70.2 Å². The SMILES string of the molecule is O=CNCCCNC(=O)NC12CC3CC(CC(C3)C1)C2. The molecule has 0 atom stereocenters. The Morgan fingerprint density at radius 1 is 1.05 bits per heavy atom. The van der Waals surface area contributed by atoms with Crippen LogP contribution >= 0.6 is 0 Å². The summed E-state index contributed by atoms with van der Waals surface area (Å²) in [6.45, 7) is 1.22. The molecule has 5 nitrogen and oxygen atoms in total. The van der Waals surface area contributed by atoms with E-state index in [4.69, 9.17) is 0 Å². The molecule has 0 spiro atoms. The van der Waals surface area contributed by atoms with E-state index in [-0.39, 0.29) is 11.6 Å². The summed E-state index contributed by atoms with van der Waals surface area (Å²) in [7, 11) is 0. The van der Waals surface area contributed by atoms with Crippen LogP contribution in [0.25, 0.3) is 0 Å². The van der Waals surface area contributed by atoms with Crippen molar-refractivity contribution in [2.24, 2.45) is 17.8 Å². The quantitative estimate of drug-likeness (QED) is 0.508. The first-order valence-corrected chi connectivity index (χ1v) is 7.92. The second kappa shape index (κ2) is 5.62. The lowest BCUT2D eigenvalue weighted by Gasteiger charge is -2.56. The highest BCUT2D eigenvalue weighted by molar-refractivity contribution is 5.74. The van der Waals surface area contributed by atoms with Gasteiger partial charge in [0.05, 0.1) is 0 Å². The number of urea groups is 1. The molecule has 0 unspecified atom stereocenters. The Morgan fingerprint density at radius 2 is 1.65 bits per heavy atom. The summed E-state index contributed by atoms with van der Waals surface area (Å²) in [5, 5.41) is 8.78. The first-order valence-electron chi connectivity index (χ1n) is 7.92. The highest BCUT2D eigenvalue weighted by Crippen LogP contribution is 2.55. The molecular weight excluding hydrogens is 254 g/mol. The van der Waals surface area contributed by atoms with Gasteiger partial charge in [-0.1, -0.05) is 0 Å². The third-order valence-electron chi connectivity index (χ3n) is 5.28. The van der Waals surface area contributed by atoms with E-state index in [2.05, 4.69) is 16.0 Å². The number of nitrogens with one attached hydrogen (secondary N) is 3. The Labute approximate surface area is 120 Å². The molecule has 0 heterocycles. The predicted octanol–water partition coefficient (Wildman–Crippen LogP) is 1.39. The molecule has 5 heteroatoms. The molecule has 20 heavy (non-hydrogen) atoms. The number of carbonyl (C=O) groups excluding carboxylic acids is 2. The van der Waals surface area contributed by atoms with E-state index in [0.29, 0.717) is 19.5 Å². The van der Waals surface area contributed by atoms with Crippen LogP contribution in [-0.4, -0.2) is 31.1 Å². The Morgan fingerprint density at radius 3 is 2.20 bits per heavy atom. The third kappa shape index (κ3) is 2.91. The van der Waals surface area contributed by atoms with Gasteiger partial charge < -0.3 is 16.0 Å². The van der Waals surface area contributed by atoms with Crippen molar-refractivity contribution in [3.8, 4) is 0 Å². The Balaban J connectivity index is 1.45. The molecule has 0 saturated heterocycles. The number of amides is 3. The van der Waals surface area contributed by atoms with Gasteiger partial charge in [-0.15, -0.1) is 0 Å². The van der Waals surface area contributed by atoms with Gasteiger partial charge in [0.1, 0.15) is 0 Å². The maximum Gasteiger partial charge on any atom is 0.315 e. The smallest absolute Gasteiger partial charge is 0.315 e. The fraction of sp³-hybridized carbons (Fsp3) is 0.867. The van der Waals surface area contributed by atoms with E-state index in [1.54, 1.807) is 0 Å². The van der Waals surface area contributed by atoms with Crippen LogP contribution in [0.5, 0.6) is 0 Å². The minimum Gasteiger partial charge on any atom is -0.359 e. The average molecular weight is 279 g/mol. The van der Waals surface area contributed by atoms with Gasteiger partial charge in [0, 0.05) is 18.6 Å². The summed E-state index contributed by atoms with van der Waals surface area (Å²) in [6, 6.07) is -0.0296. The molecule has 4 rings (SSSR count). The molecule has 0 aliphatic heterocycles. The Kier molecular flexibility index (Phi) is 3.85. The van der Waals surface area contributed by atoms with Crippen molar-refractivity contribution in [1.29, 1.82) is 0 Å². The number of hydrogen-bond donors (Lipinski definition) is 3. The van der Waals surface area contributed by atoms with Crippen molar-refractivity contribution in [3.63, 3.8) is 0 Å². The van der Waals surface area contributed by atoms with Crippen molar-refractivity contribution in [2.45, 2.75) is 50.5 Å². The van der Waals surface area contributed by atoms with E-state index in [1.165, 1.54) is 38.5 Å². The second-order valence-electron chi connectivity index (χ2n) is 7.00. The second-order valence-corrected chi connectivity index (χ2v) is 7.00. The zero-order valence-corrected chi connectivity index (χ0v) is 12.0. The third-order valence-corrected chi connectivity index (χ3v) is 5.28. The van der Waals surface area contributed by atoms with Crippen LogP contribution < -0.4 is 16.0 Å². The summed E-state index contributed by atoms with van der Waals surface area (Å²) in [6.07, 6.45) is 9.17. The first kappa shape index (κ1) is 13.7. The van der Waals surface area contributed by atoms with Crippen LogP contribution in [-0.2, 0) is 4.79 Å². The normalized spacial score (nSPS) is 37.5. The number of carbonyl (C=O) groups is 2. The van der Waals surface area contributed by atoms with Crippen LogP contribution in [0.2, 0.25) is 0 Å². The summed E-state index contributed by atoms with van der Waals surface area (Å²) in [4.78, 5) is 22.2. The fourth-order valence-electron chi connectivity index (χ4n) is 5.00. The van der Waals surface area contributed by atoms with E-state index in [9.17, 15) is 9.59 Å². The van der Waals surface area contributed by atoms with E-state index in [1.807, 2.05) is 0 Å². The van der Waals surface area contributed by atoms with Gasteiger partial charge in [0.2, 0.25) is 6.41 Å². The molecule has 4 aliphatic rings. The van der Waals surface area contributed by atoms with E-state index >= 15 is 0 Å². The van der Waals surface area contributed by atoms with Gasteiger partial charge >= 0.3 is 6.03 Å². The van der Waals surface area contributed by atoms with Gasteiger partial charge in [-0.2, -0.15) is 0 Å². The van der Waals surface area contributed by atoms with Gasteiger partial charge in [-0.05, 0) is 62.7 Å². The van der Waals surface area contributed by atoms with Crippen LogP contribution in [0.3, 0.4) is 0 Å². The average Bonchev–Trinajstić information content (AvgIpc) is 2.36. The van der Waals surface area contributed by atoms with Crippen molar-refractivity contribution < 1.29 is 9.59 Å². The number of rotatable bonds is 6. The zero-order valence-electron chi connectivity index (χ0n) is 12.0. The summed E-state index contributed by atoms with van der Waals surface area (Å²) in [5.41, 5.74) is 0.0832. The molecule has 4 aliphatic carbocycles. The highest BCUT2D eigenvalue weighted by atomic mass is 16.2. The molecular formula is C15H25N3O2. The summed E-state index contributed by atoms with van der Waals surface area (Å²) >= 11 is 0. The molecule has 4 fully saturated rings. The molecule has 0 aromatic carbocycles.